The lowest BCUT2D eigenvalue weighted by Gasteiger charge is -2.13. The van der Waals surface area contributed by atoms with Crippen LogP contribution in [0.25, 0.3) is 0 Å². The zero-order valence-corrected chi connectivity index (χ0v) is 13.4. The Labute approximate surface area is 125 Å². The highest BCUT2D eigenvalue weighted by Crippen LogP contribution is 2.26. The van der Waals surface area contributed by atoms with Gasteiger partial charge in [0, 0.05) is 0 Å². The highest BCUT2D eigenvalue weighted by molar-refractivity contribution is 14.1. The van der Waals surface area contributed by atoms with Gasteiger partial charge in [-0.15, -0.1) is 11.3 Å². The number of hydrogen-bond acceptors (Lipinski definition) is 3. The van der Waals surface area contributed by atoms with E-state index in [9.17, 15) is 0 Å². The molecule has 0 amide bonds. The molecule has 96 valence electrons. The Kier molecular flexibility index (Phi) is 4.64. The van der Waals surface area contributed by atoms with Crippen molar-refractivity contribution in [1.82, 2.24) is 0 Å². The van der Waals surface area contributed by atoms with Gasteiger partial charge < -0.3 is 10.5 Å². The van der Waals surface area contributed by atoms with Gasteiger partial charge >= 0.3 is 0 Å². The summed E-state index contributed by atoms with van der Waals surface area (Å²) in [7, 11) is 0. The Balaban J connectivity index is 2.14. The third-order valence-corrected chi connectivity index (χ3v) is 4.37. The summed E-state index contributed by atoms with van der Waals surface area (Å²) in [6.07, 6.45) is 0.197. The summed E-state index contributed by atoms with van der Waals surface area (Å²) in [5.41, 5.74) is 8.52. The van der Waals surface area contributed by atoms with Crippen LogP contribution in [0.5, 0.6) is 5.75 Å². The van der Waals surface area contributed by atoms with Crippen molar-refractivity contribution in [2.75, 3.05) is 0 Å². The zero-order chi connectivity index (χ0) is 13.1. The SMILES string of the molecule is CC(C)Oc1ccc(C(N)c2csc(I)c2)cc1. The molecule has 1 aromatic heterocycles. The van der Waals surface area contributed by atoms with Crippen LogP contribution in [0.2, 0.25) is 0 Å². The minimum absolute atomic E-state index is 0.0575. The molecule has 18 heavy (non-hydrogen) atoms. The first-order chi connectivity index (χ1) is 8.56. The summed E-state index contributed by atoms with van der Waals surface area (Å²) in [4.78, 5) is 0. The second-order valence-electron chi connectivity index (χ2n) is 4.40. The van der Waals surface area contributed by atoms with E-state index in [0.717, 1.165) is 11.3 Å². The summed E-state index contributed by atoms with van der Waals surface area (Å²) in [5.74, 6) is 0.890. The van der Waals surface area contributed by atoms with Crippen molar-refractivity contribution in [2.24, 2.45) is 5.73 Å². The molecule has 0 fully saturated rings. The molecule has 2 aromatic rings. The van der Waals surface area contributed by atoms with Crippen LogP contribution in [0, 0.1) is 2.88 Å². The van der Waals surface area contributed by atoms with E-state index in [4.69, 9.17) is 10.5 Å². The minimum atomic E-state index is -0.0575. The van der Waals surface area contributed by atoms with Gasteiger partial charge in [-0.1, -0.05) is 12.1 Å². The molecule has 4 heteroatoms. The maximum atomic E-state index is 6.24. The van der Waals surface area contributed by atoms with Gasteiger partial charge in [0.1, 0.15) is 5.75 Å². The van der Waals surface area contributed by atoms with Crippen LogP contribution in [0.1, 0.15) is 31.0 Å². The number of thiophene rings is 1. The molecule has 0 aliphatic rings. The van der Waals surface area contributed by atoms with Gasteiger partial charge in [0.25, 0.3) is 0 Å². The van der Waals surface area contributed by atoms with Crippen molar-refractivity contribution in [3.8, 4) is 5.75 Å². The predicted molar refractivity (Wildman–Crippen MR) is 85.3 cm³/mol. The van der Waals surface area contributed by atoms with Crippen LogP contribution in [0.3, 0.4) is 0 Å². The molecule has 2 N–H and O–H groups in total. The number of ether oxygens (including phenoxy) is 1. The summed E-state index contributed by atoms with van der Waals surface area (Å²) >= 11 is 4.04. The van der Waals surface area contributed by atoms with E-state index in [0.29, 0.717) is 0 Å². The van der Waals surface area contributed by atoms with Crippen LogP contribution in [0.4, 0.5) is 0 Å². The predicted octanol–water partition coefficient (Wildman–Crippen LogP) is 4.19. The minimum Gasteiger partial charge on any atom is -0.491 e. The quantitative estimate of drug-likeness (QED) is 0.816. The standard InChI is InChI=1S/C14H16INOS/c1-9(2)17-12-5-3-10(4-6-12)14(16)11-7-13(15)18-8-11/h3-9,14H,16H2,1-2H3. The second kappa shape index (κ2) is 6.04. The molecule has 1 aromatic carbocycles. The molecule has 0 aliphatic carbocycles. The van der Waals surface area contributed by atoms with Gasteiger partial charge in [-0.2, -0.15) is 0 Å². The highest BCUT2D eigenvalue weighted by atomic mass is 127. The summed E-state index contributed by atoms with van der Waals surface area (Å²) in [5, 5.41) is 2.12. The van der Waals surface area contributed by atoms with Crippen LogP contribution in [-0.4, -0.2) is 6.10 Å². The Morgan fingerprint density at radius 3 is 2.33 bits per heavy atom. The van der Waals surface area contributed by atoms with Crippen LogP contribution in [-0.2, 0) is 0 Å². The zero-order valence-electron chi connectivity index (χ0n) is 10.4. The first-order valence-electron chi connectivity index (χ1n) is 5.82. The maximum absolute atomic E-state index is 6.24. The van der Waals surface area contributed by atoms with Crippen molar-refractivity contribution in [1.29, 1.82) is 0 Å². The van der Waals surface area contributed by atoms with E-state index in [1.807, 2.05) is 38.1 Å². The second-order valence-corrected chi connectivity index (χ2v) is 7.20. The lowest BCUT2D eigenvalue weighted by atomic mass is 10.0. The molecule has 0 saturated heterocycles. The van der Waals surface area contributed by atoms with Crippen molar-refractivity contribution < 1.29 is 4.74 Å². The van der Waals surface area contributed by atoms with Crippen molar-refractivity contribution >= 4 is 33.9 Å². The highest BCUT2D eigenvalue weighted by Gasteiger charge is 2.10. The monoisotopic (exact) mass is 373 g/mol. The largest absolute Gasteiger partial charge is 0.491 e. The van der Waals surface area contributed by atoms with Gasteiger partial charge in [0.15, 0.2) is 0 Å². The fourth-order valence-electron chi connectivity index (χ4n) is 1.70. The molecule has 2 rings (SSSR count). The van der Waals surface area contributed by atoms with Crippen LogP contribution < -0.4 is 10.5 Å². The van der Waals surface area contributed by atoms with E-state index >= 15 is 0 Å². The van der Waals surface area contributed by atoms with Crippen LogP contribution in [0.15, 0.2) is 35.7 Å². The average molecular weight is 373 g/mol. The Morgan fingerprint density at radius 1 is 1.17 bits per heavy atom. The van der Waals surface area contributed by atoms with Crippen molar-refractivity contribution in [3.05, 3.63) is 49.7 Å². The molecule has 2 nitrogen and oxygen atoms in total. The topological polar surface area (TPSA) is 35.2 Å². The number of hydrogen-bond donors (Lipinski definition) is 1. The number of halogens is 1. The van der Waals surface area contributed by atoms with Gasteiger partial charge in [-0.05, 0) is 71.1 Å². The molecule has 0 radical (unpaired) electrons. The third kappa shape index (κ3) is 3.46. The van der Waals surface area contributed by atoms with E-state index < -0.39 is 0 Å². The fraction of sp³-hybridized carbons (Fsp3) is 0.286. The lowest BCUT2D eigenvalue weighted by Crippen LogP contribution is -2.11. The van der Waals surface area contributed by atoms with E-state index in [1.165, 1.54) is 8.45 Å². The average Bonchev–Trinajstić information content (AvgIpc) is 2.75. The molecule has 0 spiro atoms. The molecule has 0 saturated carbocycles. The number of rotatable bonds is 4. The fourth-order valence-corrected chi connectivity index (χ4v) is 3.11. The van der Waals surface area contributed by atoms with Gasteiger partial charge in [-0.3, -0.25) is 0 Å². The molecular weight excluding hydrogens is 357 g/mol. The molecule has 1 unspecified atom stereocenters. The summed E-state index contributed by atoms with van der Waals surface area (Å²) in [6, 6.07) is 10.1. The smallest absolute Gasteiger partial charge is 0.119 e. The van der Waals surface area contributed by atoms with Crippen molar-refractivity contribution in [3.63, 3.8) is 0 Å². The van der Waals surface area contributed by atoms with E-state index in [2.05, 4.69) is 34.0 Å². The van der Waals surface area contributed by atoms with Crippen LogP contribution >= 0.6 is 33.9 Å². The molecular formula is C14H16INOS. The third-order valence-electron chi connectivity index (χ3n) is 2.56. The first kappa shape index (κ1) is 13.8. The Morgan fingerprint density at radius 2 is 1.83 bits per heavy atom. The maximum Gasteiger partial charge on any atom is 0.119 e. The van der Waals surface area contributed by atoms with Gasteiger partial charge in [0.2, 0.25) is 0 Å². The number of nitrogens with two attached hydrogens (primary N) is 1. The summed E-state index contributed by atoms with van der Waals surface area (Å²) in [6.45, 7) is 4.04. The molecule has 0 aliphatic heterocycles. The first-order valence-corrected chi connectivity index (χ1v) is 7.78. The molecule has 0 bridgehead atoms. The molecule has 1 heterocycles. The van der Waals surface area contributed by atoms with Gasteiger partial charge in [0.05, 0.1) is 15.0 Å². The normalized spacial score (nSPS) is 12.7. The number of benzene rings is 1. The van der Waals surface area contributed by atoms with Crippen molar-refractivity contribution in [2.45, 2.75) is 26.0 Å². The Bertz CT molecular complexity index is 507. The Hall–Kier alpha value is -0.590. The molecule has 1 atom stereocenters. The summed E-state index contributed by atoms with van der Waals surface area (Å²) < 4.78 is 6.88. The lowest BCUT2D eigenvalue weighted by molar-refractivity contribution is 0.242. The van der Waals surface area contributed by atoms with E-state index in [-0.39, 0.29) is 12.1 Å². The van der Waals surface area contributed by atoms with E-state index in [1.54, 1.807) is 11.3 Å². The van der Waals surface area contributed by atoms with Gasteiger partial charge in [-0.25, -0.2) is 0 Å².